The molecule has 33 heavy (non-hydrogen) atoms. The van der Waals surface area contributed by atoms with E-state index in [1.807, 2.05) is 6.07 Å². The van der Waals surface area contributed by atoms with Crippen molar-refractivity contribution < 1.29 is 33.0 Å². The fourth-order valence-corrected chi connectivity index (χ4v) is 7.22. The van der Waals surface area contributed by atoms with E-state index >= 15 is 0 Å². The number of rotatable bonds is 3. The minimum atomic E-state index is -0.966. The second-order valence-electron chi connectivity index (χ2n) is 10.4. The molecule has 176 valence electrons. The molecule has 1 unspecified atom stereocenters. The number of carbonyl (C=O) groups excluding carboxylic acids is 3. The number of cyclic esters (lactones) is 1. The number of hydrogen-bond donors (Lipinski definition) is 0. The summed E-state index contributed by atoms with van der Waals surface area (Å²) in [4.78, 5) is 38.2. The van der Waals surface area contributed by atoms with Crippen LogP contribution in [0, 0.1) is 22.7 Å². The van der Waals surface area contributed by atoms with Gasteiger partial charge >= 0.3 is 11.9 Å². The molecule has 5 rings (SSSR count). The number of fused-ring (bicyclic) bond motifs is 3. The van der Waals surface area contributed by atoms with Gasteiger partial charge in [0.05, 0.1) is 38.6 Å². The Hall–Kier alpha value is -2.67. The summed E-state index contributed by atoms with van der Waals surface area (Å²) in [5, 5.41) is 0. The molecule has 2 saturated carbocycles. The predicted molar refractivity (Wildman–Crippen MR) is 117 cm³/mol. The minimum Gasteiger partial charge on any atom is -0.472 e. The maximum absolute atomic E-state index is 13.0. The van der Waals surface area contributed by atoms with Crippen molar-refractivity contribution in [2.45, 2.75) is 63.8 Å². The lowest BCUT2D eigenvalue weighted by Gasteiger charge is -2.68. The Labute approximate surface area is 193 Å². The maximum atomic E-state index is 13.0. The highest BCUT2D eigenvalue weighted by molar-refractivity contribution is 5.97. The maximum Gasteiger partial charge on any atom is 0.309 e. The smallest absolute Gasteiger partial charge is 0.309 e. The van der Waals surface area contributed by atoms with Crippen LogP contribution in [0.15, 0.2) is 47.3 Å². The number of furan rings is 1. The lowest BCUT2D eigenvalue weighted by Crippen LogP contribution is -2.71. The number of Topliss-reactive ketones (excluding diaryl/α,β-unsaturated/α-hetero) is 1. The highest BCUT2D eigenvalue weighted by Crippen LogP contribution is 2.70. The van der Waals surface area contributed by atoms with E-state index in [1.165, 1.54) is 7.11 Å². The van der Waals surface area contributed by atoms with E-state index in [9.17, 15) is 14.4 Å². The van der Waals surface area contributed by atoms with Crippen LogP contribution in [0.5, 0.6) is 0 Å². The van der Waals surface area contributed by atoms with Crippen LogP contribution in [-0.2, 0) is 28.6 Å². The molecule has 4 aliphatic rings. The van der Waals surface area contributed by atoms with Gasteiger partial charge in [0, 0.05) is 28.7 Å². The number of esters is 2. The predicted octanol–water partition coefficient (Wildman–Crippen LogP) is 4.09. The van der Waals surface area contributed by atoms with Crippen LogP contribution in [0.4, 0.5) is 0 Å². The quantitative estimate of drug-likeness (QED) is 0.386. The number of ether oxygens (including phenoxy) is 3. The molecule has 0 N–H and O–H groups in total. The molecule has 3 heterocycles. The third-order valence-corrected chi connectivity index (χ3v) is 9.17. The zero-order chi connectivity index (χ0) is 23.8. The van der Waals surface area contributed by atoms with E-state index in [1.54, 1.807) is 12.5 Å². The molecule has 2 aliphatic heterocycles. The Morgan fingerprint density at radius 3 is 2.70 bits per heavy atom. The fraction of sp³-hybridized carbons (Fsp3) is 0.577. The summed E-state index contributed by atoms with van der Waals surface area (Å²) >= 11 is 0. The van der Waals surface area contributed by atoms with E-state index in [0.29, 0.717) is 5.57 Å². The lowest BCUT2D eigenvalue weighted by atomic mass is 9.44. The van der Waals surface area contributed by atoms with Crippen LogP contribution in [0.3, 0.4) is 0 Å². The van der Waals surface area contributed by atoms with Gasteiger partial charge in [0.1, 0.15) is 11.7 Å². The summed E-state index contributed by atoms with van der Waals surface area (Å²) < 4.78 is 23.0. The van der Waals surface area contributed by atoms with Crippen molar-refractivity contribution in [2.24, 2.45) is 22.7 Å². The first kappa shape index (κ1) is 22.1. The average Bonchev–Trinajstić information content (AvgIpc) is 3.30. The third-order valence-electron chi connectivity index (χ3n) is 9.17. The zero-order valence-corrected chi connectivity index (χ0v) is 19.3. The van der Waals surface area contributed by atoms with Crippen LogP contribution in [0.2, 0.25) is 0 Å². The summed E-state index contributed by atoms with van der Waals surface area (Å²) in [5.41, 5.74) is -0.0302. The topological polar surface area (TPSA) is 92.0 Å². The molecular weight excluding hydrogens is 424 g/mol. The van der Waals surface area contributed by atoms with E-state index in [4.69, 9.17) is 18.6 Å². The second-order valence-corrected chi connectivity index (χ2v) is 10.4. The van der Waals surface area contributed by atoms with Gasteiger partial charge in [0.25, 0.3) is 0 Å². The van der Waals surface area contributed by atoms with Crippen molar-refractivity contribution in [2.75, 3.05) is 7.11 Å². The first-order valence-corrected chi connectivity index (χ1v) is 11.5. The third kappa shape index (κ3) is 2.75. The summed E-state index contributed by atoms with van der Waals surface area (Å²) in [6.07, 6.45) is 3.93. The van der Waals surface area contributed by atoms with Gasteiger partial charge in [-0.25, -0.2) is 0 Å². The van der Waals surface area contributed by atoms with Crippen molar-refractivity contribution in [3.63, 3.8) is 0 Å². The minimum absolute atomic E-state index is 0.0419. The standard InChI is InChI=1S/C26H30O7/c1-14-18(10-21(28)30-5)25(4)17-6-8-24(3)23(16-7-9-31-13-16)32-22(29)12-26(24,15(17)2)33-20(25)11-19(14)27/h7,9,13,17-18,20,23H,1-2,6,8,10-12H2,3-5H3/t17-,18?,20-,23-,24-,25+,26-/m0/s1. The molecule has 0 aromatic carbocycles. The molecule has 7 heteroatoms. The Balaban J connectivity index is 1.62. The van der Waals surface area contributed by atoms with Crippen LogP contribution in [0.25, 0.3) is 0 Å². The molecule has 0 radical (unpaired) electrons. The fourth-order valence-electron chi connectivity index (χ4n) is 7.22. The van der Waals surface area contributed by atoms with Gasteiger partial charge in [0.2, 0.25) is 0 Å². The van der Waals surface area contributed by atoms with E-state index in [0.717, 1.165) is 24.0 Å². The number of carbonyl (C=O) groups is 3. The number of methoxy groups -OCH3 is 1. The van der Waals surface area contributed by atoms with Crippen molar-refractivity contribution in [1.82, 2.24) is 0 Å². The zero-order valence-electron chi connectivity index (χ0n) is 19.3. The Morgan fingerprint density at radius 1 is 1.27 bits per heavy atom. The Kier molecular flexibility index (Phi) is 4.80. The summed E-state index contributed by atoms with van der Waals surface area (Å²) in [5.74, 6) is -1.31. The van der Waals surface area contributed by atoms with Crippen molar-refractivity contribution in [1.29, 1.82) is 0 Å². The summed E-state index contributed by atoms with van der Waals surface area (Å²) in [6, 6.07) is 1.81. The number of ketones is 1. The first-order chi connectivity index (χ1) is 15.6. The Bertz CT molecular complexity index is 1050. The molecule has 2 aliphatic carbocycles. The molecule has 1 spiro atoms. The molecule has 2 saturated heterocycles. The van der Waals surface area contributed by atoms with E-state index in [-0.39, 0.29) is 42.9 Å². The molecule has 7 atom stereocenters. The normalized spacial score (nSPS) is 42.3. The molecule has 2 bridgehead atoms. The van der Waals surface area contributed by atoms with Gasteiger partial charge in [-0.3, -0.25) is 14.4 Å². The SMILES string of the molecule is C=C1C(=O)C[C@@H]2O[C@]34CC(=O)O[C@@H](c5ccoc5)[C@]3(C)CC[C@@H](C4=C)[C@]2(C)C1CC(=O)OC. The van der Waals surface area contributed by atoms with Gasteiger partial charge in [0.15, 0.2) is 5.78 Å². The van der Waals surface area contributed by atoms with Gasteiger partial charge in [-0.05, 0) is 36.0 Å². The van der Waals surface area contributed by atoms with Crippen molar-refractivity contribution in [3.05, 3.63) is 48.5 Å². The largest absolute Gasteiger partial charge is 0.472 e. The van der Waals surface area contributed by atoms with Gasteiger partial charge in [-0.2, -0.15) is 0 Å². The van der Waals surface area contributed by atoms with Crippen LogP contribution in [-0.4, -0.2) is 36.5 Å². The van der Waals surface area contributed by atoms with Crippen LogP contribution >= 0.6 is 0 Å². The average molecular weight is 455 g/mol. The van der Waals surface area contributed by atoms with Crippen molar-refractivity contribution >= 4 is 17.7 Å². The molecule has 1 aromatic heterocycles. The van der Waals surface area contributed by atoms with Crippen LogP contribution < -0.4 is 0 Å². The van der Waals surface area contributed by atoms with E-state index in [2.05, 4.69) is 27.0 Å². The molecular formula is C26H30O7. The number of allylic oxidation sites excluding steroid dienone is 1. The van der Waals surface area contributed by atoms with Crippen LogP contribution in [0.1, 0.15) is 57.6 Å². The van der Waals surface area contributed by atoms with Gasteiger partial charge < -0.3 is 18.6 Å². The van der Waals surface area contributed by atoms with Gasteiger partial charge in [-0.1, -0.05) is 27.0 Å². The monoisotopic (exact) mass is 454 g/mol. The Morgan fingerprint density at radius 2 is 2.03 bits per heavy atom. The second kappa shape index (κ2) is 7.16. The molecule has 7 nitrogen and oxygen atoms in total. The lowest BCUT2D eigenvalue weighted by molar-refractivity contribution is -0.289. The van der Waals surface area contributed by atoms with E-state index < -0.39 is 34.6 Å². The summed E-state index contributed by atoms with van der Waals surface area (Å²) in [6.45, 7) is 12.7. The molecule has 0 amide bonds. The first-order valence-electron chi connectivity index (χ1n) is 11.5. The van der Waals surface area contributed by atoms with Gasteiger partial charge in [-0.15, -0.1) is 0 Å². The number of hydrogen-bond acceptors (Lipinski definition) is 7. The van der Waals surface area contributed by atoms with Crippen molar-refractivity contribution in [3.8, 4) is 0 Å². The molecule has 1 aromatic rings. The molecule has 4 fully saturated rings. The highest BCUT2D eigenvalue weighted by Gasteiger charge is 2.72. The summed E-state index contributed by atoms with van der Waals surface area (Å²) in [7, 11) is 1.34. The highest BCUT2D eigenvalue weighted by atomic mass is 16.6.